The van der Waals surface area contributed by atoms with Crippen molar-refractivity contribution in [3.63, 3.8) is 0 Å². The second-order valence-corrected chi connectivity index (χ2v) is 4.42. The van der Waals surface area contributed by atoms with Crippen molar-refractivity contribution in [3.8, 4) is 0 Å². The summed E-state index contributed by atoms with van der Waals surface area (Å²) in [5.74, 6) is 0.0417. The maximum absolute atomic E-state index is 10.6. The van der Waals surface area contributed by atoms with Gasteiger partial charge in [0, 0.05) is 5.75 Å². The first-order valence-corrected chi connectivity index (χ1v) is 5.25. The van der Waals surface area contributed by atoms with Crippen molar-refractivity contribution in [2.75, 3.05) is 11.5 Å². The molecule has 1 rings (SSSR count). The minimum absolute atomic E-state index is 0.556. The van der Waals surface area contributed by atoms with Crippen molar-refractivity contribution in [1.82, 2.24) is 0 Å². The van der Waals surface area contributed by atoms with Crippen molar-refractivity contribution in [2.24, 2.45) is 5.92 Å². The maximum Gasteiger partial charge on any atom is 0.309 e. The van der Waals surface area contributed by atoms with E-state index in [0.717, 1.165) is 12.2 Å². The lowest BCUT2D eigenvalue weighted by Gasteiger charge is -2.34. The van der Waals surface area contributed by atoms with Crippen LogP contribution in [-0.2, 0) is 4.79 Å². The molecule has 1 heterocycles. The highest BCUT2D eigenvalue weighted by Crippen LogP contribution is 2.32. The minimum Gasteiger partial charge on any atom is -0.481 e. The summed E-state index contributed by atoms with van der Waals surface area (Å²) in [6.07, 6.45) is 1.53. The Morgan fingerprint density at radius 3 is 2.75 bits per heavy atom. The van der Waals surface area contributed by atoms with Crippen LogP contribution in [0.25, 0.3) is 0 Å². The molecule has 0 aromatic heterocycles. The first kappa shape index (κ1) is 9.86. The molecule has 0 radical (unpaired) electrons. The lowest BCUT2D eigenvalue weighted by atomic mass is 9.86. The van der Waals surface area contributed by atoms with Crippen LogP contribution in [0.15, 0.2) is 0 Å². The molecule has 70 valence electrons. The first-order valence-electron chi connectivity index (χ1n) is 4.09. The van der Waals surface area contributed by atoms with Gasteiger partial charge in [-0.25, -0.2) is 0 Å². The Hall–Kier alpha value is -0.220. The number of carbonyl (C=O) groups is 1. The zero-order valence-corrected chi connectivity index (χ0v) is 7.93. The van der Waals surface area contributed by atoms with Gasteiger partial charge in [-0.05, 0) is 25.5 Å². The molecule has 3 nitrogen and oxygen atoms in total. The molecule has 2 N–H and O–H groups in total. The fourth-order valence-corrected chi connectivity index (χ4v) is 2.61. The van der Waals surface area contributed by atoms with Gasteiger partial charge in [0.1, 0.15) is 0 Å². The molecule has 1 aliphatic heterocycles. The predicted octanol–water partition coefficient (Wildman–Crippen LogP) is 0.965. The zero-order chi connectivity index (χ0) is 9.19. The lowest BCUT2D eigenvalue weighted by Crippen LogP contribution is -2.45. The topological polar surface area (TPSA) is 57.5 Å². The minimum atomic E-state index is -0.977. The molecule has 0 amide bonds. The number of aliphatic carboxylic acids is 1. The third-order valence-electron chi connectivity index (χ3n) is 2.43. The van der Waals surface area contributed by atoms with Gasteiger partial charge in [0.25, 0.3) is 0 Å². The van der Waals surface area contributed by atoms with E-state index in [9.17, 15) is 9.90 Å². The molecular weight excluding hydrogens is 176 g/mol. The molecule has 0 saturated carbocycles. The van der Waals surface area contributed by atoms with E-state index in [1.165, 1.54) is 0 Å². The second kappa shape index (κ2) is 3.66. The van der Waals surface area contributed by atoms with Gasteiger partial charge in [-0.3, -0.25) is 4.79 Å². The number of hydrogen-bond donors (Lipinski definition) is 2. The summed E-state index contributed by atoms with van der Waals surface area (Å²) < 4.78 is 0. The van der Waals surface area contributed by atoms with Crippen LogP contribution in [0.1, 0.15) is 19.8 Å². The summed E-state index contributed by atoms with van der Waals surface area (Å²) in [5, 5.41) is 18.6. The maximum atomic E-state index is 10.6. The number of rotatable bonds is 2. The quantitative estimate of drug-likeness (QED) is 0.681. The Balaban J connectivity index is 2.62. The summed E-state index contributed by atoms with van der Waals surface area (Å²) in [6.45, 7) is 1.58. The van der Waals surface area contributed by atoms with Gasteiger partial charge < -0.3 is 10.2 Å². The molecule has 1 saturated heterocycles. The van der Waals surface area contributed by atoms with Gasteiger partial charge in [-0.1, -0.05) is 0 Å². The Labute approximate surface area is 76.2 Å². The Morgan fingerprint density at radius 2 is 2.33 bits per heavy atom. The van der Waals surface area contributed by atoms with Crippen molar-refractivity contribution in [2.45, 2.75) is 25.4 Å². The van der Waals surface area contributed by atoms with Gasteiger partial charge in [-0.2, -0.15) is 11.8 Å². The Bertz CT molecular complexity index is 175. The second-order valence-electron chi connectivity index (χ2n) is 3.32. The van der Waals surface area contributed by atoms with Crippen molar-refractivity contribution < 1.29 is 15.0 Å². The molecule has 0 aromatic carbocycles. The summed E-state index contributed by atoms with van der Waals surface area (Å²) in [6, 6.07) is 0. The van der Waals surface area contributed by atoms with Gasteiger partial charge in [0.2, 0.25) is 0 Å². The zero-order valence-electron chi connectivity index (χ0n) is 7.12. The van der Waals surface area contributed by atoms with Crippen LogP contribution in [0.4, 0.5) is 0 Å². The number of carboxylic acids is 1. The average molecular weight is 190 g/mol. The molecule has 1 fully saturated rings. The molecule has 0 aliphatic carbocycles. The fraction of sp³-hybridized carbons (Fsp3) is 0.875. The Kier molecular flexibility index (Phi) is 3.01. The third kappa shape index (κ3) is 1.93. The largest absolute Gasteiger partial charge is 0.481 e. The third-order valence-corrected chi connectivity index (χ3v) is 3.71. The van der Waals surface area contributed by atoms with E-state index in [-0.39, 0.29) is 0 Å². The van der Waals surface area contributed by atoms with E-state index >= 15 is 0 Å². The van der Waals surface area contributed by atoms with Crippen LogP contribution in [0.3, 0.4) is 0 Å². The van der Waals surface area contributed by atoms with E-state index in [2.05, 4.69) is 0 Å². The molecule has 2 unspecified atom stereocenters. The van der Waals surface area contributed by atoms with Crippen LogP contribution >= 0.6 is 11.8 Å². The molecule has 0 spiro atoms. The van der Waals surface area contributed by atoms with Crippen molar-refractivity contribution in [3.05, 3.63) is 0 Å². The van der Waals surface area contributed by atoms with Crippen LogP contribution < -0.4 is 0 Å². The number of thioether (sulfide) groups is 1. The normalized spacial score (nSPS) is 32.8. The highest BCUT2D eigenvalue weighted by atomic mass is 32.2. The molecule has 12 heavy (non-hydrogen) atoms. The lowest BCUT2D eigenvalue weighted by molar-refractivity contribution is -0.149. The van der Waals surface area contributed by atoms with E-state index in [1.54, 1.807) is 18.7 Å². The monoisotopic (exact) mass is 190 g/mol. The molecule has 2 atom stereocenters. The molecule has 0 aromatic rings. The summed E-state index contributed by atoms with van der Waals surface area (Å²) >= 11 is 1.63. The number of hydrogen-bond acceptors (Lipinski definition) is 3. The van der Waals surface area contributed by atoms with Crippen molar-refractivity contribution in [1.29, 1.82) is 0 Å². The fourth-order valence-electron chi connectivity index (χ4n) is 1.37. The highest BCUT2D eigenvalue weighted by molar-refractivity contribution is 7.99. The SMILES string of the molecule is CC(C(=O)O)C1(O)CCCSC1. The molecule has 1 aliphatic rings. The van der Waals surface area contributed by atoms with E-state index < -0.39 is 17.5 Å². The van der Waals surface area contributed by atoms with Crippen LogP contribution in [0.5, 0.6) is 0 Å². The summed E-state index contributed by atoms with van der Waals surface area (Å²) in [4.78, 5) is 10.6. The van der Waals surface area contributed by atoms with Gasteiger partial charge >= 0.3 is 5.97 Å². The predicted molar refractivity (Wildman–Crippen MR) is 48.3 cm³/mol. The molecule has 0 bridgehead atoms. The summed E-state index contributed by atoms with van der Waals surface area (Å²) in [5.41, 5.74) is -0.977. The van der Waals surface area contributed by atoms with E-state index in [4.69, 9.17) is 5.11 Å². The smallest absolute Gasteiger partial charge is 0.309 e. The van der Waals surface area contributed by atoms with Crippen LogP contribution in [-0.4, -0.2) is 33.3 Å². The van der Waals surface area contributed by atoms with Gasteiger partial charge in [0.05, 0.1) is 11.5 Å². The standard InChI is InChI=1S/C8H14O3S/c1-6(7(9)10)8(11)3-2-4-12-5-8/h6,11H,2-5H2,1H3,(H,9,10). The van der Waals surface area contributed by atoms with Crippen molar-refractivity contribution >= 4 is 17.7 Å². The number of aliphatic hydroxyl groups is 1. The number of carboxylic acid groups (broad SMARTS) is 1. The van der Waals surface area contributed by atoms with Crippen LogP contribution in [0, 0.1) is 5.92 Å². The average Bonchev–Trinajstić information content (AvgIpc) is 2.04. The highest BCUT2D eigenvalue weighted by Gasteiger charge is 2.39. The summed E-state index contributed by atoms with van der Waals surface area (Å²) in [7, 11) is 0. The molecule has 4 heteroatoms. The van der Waals surface area contributed by atoms with Gasteiger partial charge in [0.15, 0.2) is 0 Å². The van der Waals surface area contributed by atoms with Crippen LogP contribution in [0.2, 0.25) is 0 Å². The first-order chi connectivity index (χ1) is 5.56. The van der Waals surface area contributed by atoms with Gasteiger partial charge in [-0.15, -0.1) is 0 Å². The van der Waals surface area contributed by atoms with E-state index in [0.29, 0.717) is 12.2 Å². The van der Waals surface area contributed by atoms with E-state index in [1.807, 2.05) is 0 Å². The Morgan fingerprint density at radius 1 is 1.67 bits per heavy atom. The molecular formula is C8H14O3S.